The number of hydrogen-bond acceptors (Lipinski definition) is 6. The van der Waals surface area contributed by atoms with Crippen LogP contribution in [0.15, 0.2) is 0 Å². The Morgan fingerprint density at radius 3 is 1.60 bits per heavy atom. The van der Waals surface area contributed by atoms with E-state index in [9.17, 15) is 14.4 Å². The minimum absolute atomic E-state index is 0.178. The molecule has 1 unspecified atom stereocenters. The lowest BCUT2D eigenvalue weighted by Crippen LogP contribution is -2.50. The molecule has 0 saturated carbocycles. The number of unbranched alkanes of at least 4 members (excludes halogenated alkanes) is 22. The number of ether oxygens (including phenoxy) is 3. The summed E-state index contributed by atoms with van der Waals surface area (Å²) in [4.78, 5) is 39.8. The Hall–Kier alpha value is -1.87. The number of carbonyl (C=O) groups is 3. The van der Waals surface area contributed by atoms with Gasteiger partial charge in [0.15, 0.2) is 0 Å². The zero-order valence-electron chi connectivity index (χ0n) is 34.7. The molecular formula is C43H83N3O6. The average molecular weight is 738 g/mol. The van der Waals surface area contributed by atoms with E-state index in [0.717, 1.165) is 25.7 Å². The fourth-order valence-electron chi connectivity index (χ4n) is 6.85. The summed E-state index contributed by atoms with van der Waals surface area (Å²) in [6.07, 6.45) is 31.8. The van der Waals surface area contributed by atoms with Crippen molar-refractivity contribution in [3.05, 3.63) is 0 Å². The van der Waals surface area contributed by atoms with Gasteiger partial charge in [-0.05, 0) is 46.5 Å². The van der Waals surface area contributed by atoms with Crippen LogP contribution in [-0.2, 0) is 23.8 Å². The Morgan fingerprint density at radius 1 is 0.654 bits per heavy atom. The van der Waals surface area contributed by atoms with Crippen LogP contribution >= 0.6 is 0 Å². The van der Waals surface area contributed by atoms with E-state index in [1.54, 1.807) is 25.7 Å². The molecule has 0 spiro atoms. The van der Waals surface area contributed by atoms with E-state index in [4.69, 9.17) is 14.2 Å². The maximum atomic E-state index is 13.3. The molecule has 1 heterocycles. The highest BCUT2D eigenvalue weighted by atomic mass is 16.6. The lowest BCUT2D eigenvalue weighted by atomic mass is 10.1. The Morgan fingerprint density at radius 2 is 1.12 bits per heavy atom. The molecule has 1 aliphatic rings. The summed E-state index contributed by atoms with van der Waals surface area (Å²) in [7, 11) is 0. The lowest BCUT2D eigenvalue weighted by Gasteiger charge is -2.26. The highest BCUT2D eigenvalue weighted by Gasteiger charge is 2.34. The molecule has 2 N–H and O–H groups in total. The number of nitrogens with one attached hydrogen (secondary N) is 2. The Balaban J connectivity index is 2.40. The molecule has 0 aromatic rings. The number of hydrogen-bond donors (Lipinski definition) is 2. The third-order valence-corrected chi connectivity index (χ3v) is 9.96. The molecule has 0 aromatic carbocycles. The smallest absolute Gasteiger partial charge is 0.408 e. The maximum Gasteiger partial charge on any atom is 0.408 e. The normalized spacial score (nSPS) is 15.2. The summed E-state index contributed by atoms with van der Waals surface area (Å²) in [5, 5.41) is 5.58. The molecule has 9 nitrogen and oxygen atoms in total. The van der Waals surface area contributed by atoms with E-state index in [2.05, 4.69) is 24.5 Å². The van der Waals surface area contributed by atoms with Gasteiger partial charge in [0.2, 0.25) is 11.8 Å². The van der Waals surface area contributed by atoms with Crippen molar-refractivity contribution in [2.45, 2.75) is 219 Å². The number of alkyl carbamates (subject to hydrolysis) is 1. The molecule has 1 rings (SSSR count). The van der Waals surface area contributed by atoms with E-state index >= 15 is 0 Å². The van der Waals surface area contributed by atoms with Crippen LogP contribution in [-0.4, -0.2) is 80.0 Å². The molecule has 0 radical (unpaired) electrons. The molecule has 1 fully saturated rings. The van der Waals surface area contributed by atoms with Gasteiger partial charge in [0, 0.05) is 26.3 Å². The summed E-state index contributed by atoms with van der Waals surface area (Å²) < 4.78 is 17.6. The van der Waals surface area contributed by atoms with E-state index in [-0.39, 0.29) is 24.5 Å². The highest BCUT2D eigenvalue weighted by molar-refractivity contribution is 5.90. The van der Waals surface area contributed by atoms with Gasteiger partial charge in [-0.15, -0.1) is 0 Å². The first-order valence-electron chi connectivity index (χ1n) is 21.9. The molecule has 1 aliphatic heterocycles. The van der Waals surface area contributed by atoms with Gasteiger partial charge in [-0.1, -0.05) is 155 Å². The lowest BCUT2D eigenvalue weighted by molar-refractivity contribution is -0.138. The monoisotopic (exact) mass is 738 g/mol. The van der Waals surface area contributed by atoms with Gasteiger partial charge < -0.3 is 29.7 Å². The SMILES string of the molecule is CCCCCCCCCCCCCCOCC(CNC(=O)[C@@H]1CCCN1C(=O)CNC(=O)OC(C)(C)C)OCCCCCCCCCCCCCC. The fraction of sp³-hybridized carbons (Fsp3) is 0.930. The number of amides is 3. The molecule has 3 amide bonds. The molecule has 2 atom stereocenters. The second-order valence-corrected chi connectivity index (χ2v) is 16.2. The van der Waals surface area contributed by atoms with Crippen LogP contribution in [0.1, 0.15) is 202 Å². The molecule has 9 heteroatoms. The fourth-order valence-corrected chi connectivity index (χ4v) is 6.85. The van der Waals surface area contributed by atoms with Gasteiger partial charge in [0.05, 0.1) is 12.7 Å². The van der Waals surface area contributed by atoms with Crippen molar-refractivity contribution in [3.8, 4) is 0 Å². The third kappa shape index (κ3) is 27.7. The molecule has 1 saturated heterocycles. The molecule has 0 aliphatic carbocycles. The zero-order valence-corrected chi connectivity index (χ0v) is 34.7. The van der Waals surface area contributed by atoms with Crippen molar-refractivity contribution in [2.75, 3.05) is 39.5 Å². The minimum Gasteiger partial charge on any atom is -0.444 e. The maximum absolute atomic E-state index is 13.3. The quantitative estimate of drug-likeness (QED) is 0.0637. The number of nitrogens with zero attached hydrogens (tertiary/aromatic N) is 1. The predicted octanol–water partition coefficient (Wildman–Crippen LogP) is 10.4. The van der Waals surface area contributed by atoms with Gasteiger partial charge in [0.1, 0.15) is 18.2 Å². The summed E-state index contributed by atoms with van der Waals surface area (Å²) in [5.74, 6) is -0.461. The van der Waals surface area contributed by atoms with Gasteiger partial charge in [-0.2, -0.15) is 0 Å². The van der Waals surface area contributed by atoms with Crippen molar-refractivity contribution >= 4 is 17.9 Å². The van der Waals surface area contributed by atoms with Crippen LogP contribution in [0, 0.1) is 0 Å². The van der Waals surface area contributed by atoms with Crippen LogP contribution in [0.5, 0.6) is 0 Å². The van der Waals surface area contributed by atoms with E-state index in [0.29, 0.717) is 39.3 Å². The highest BCUT2D eigenvalue weighted by Crippen LogP contribution is 2.18. The van der Waals surface area contributed by atoms with Crippen LogP contribution in [0.4, 0.5) is 4.79 Å². The van der Waals surface area contributed by atoms with E-state index in [1.807, 2.05) is 0 Å². The summed E-state index contributed by atoms with van der Waals surface area (Å²) in [6, 6.07) is -0.549. The van der Waals surface area contributed by atoms with Crippen LogP contribution in [0.25, 0.3) is 0 Å². The van der Waals surface area contributed by atoms with Crippen LogP contribution in [0.2, 0.25) is 0 Å². The van der Waals surface area contributed by atoms with E-state index < -0.39 is 17.7 Å². The minimum atomic E-state index is -0.648. The average Bonchev–Trinajstić information content (AvgIpc) is 3.61. The third-order valence-electron chi connectivity index (χ3n) is 9.96. The van der Waals surface area contributed by atoms with Crippen molar-refractivity contribution in [2.24, 2.45) is 0 Å². The van der Waals surface area contributed by atoms with Crippen molar-refractivity contribution in [1.82, 2.24) is 15.5 Å². The van der Waals surface area contributed by atoms with Crippen molar-refractivity contribution in [3.63, 3.8) is 0 Å². The molecule has 306 valence electrons. The standard InChI is InChI=1S/C43H83N3O6/c1-6-8-10-12-14-16-18-20-22-24-26-28-33-50-37-38(51-34-29-27-25-23-21-19-17-15-13-11-9-7-2)35-44-41(48)39-31-30-32-46(39)40(47)36-45-42(49)52-43(3,4)5/h38-39H,6-37H2,1-5H3,(H,44,48)(H,45,49)/t38?,39-/m0/s1. The second kappa shape index (κ2) is 32.6. The molecule has 0 aromatic heterocycles. The van der Waals surface area contributed by atoms with Gasteiger partial charge >= 0.3 is 6.09 Å². The first-order valence-corrected chi connectivity index (χ1v) is 21.9. The van der Waals surface area contributed by atoms with Gasteiger partial charge in [0.25, 0.3) is 0 Å². The van der Waals surface area contributed by atoms with Crippen molar-refractivity contribution in [1.29, 1.82) is 0 Å². The Kier molecular flexibility index (Phi) is 30.1. The Labute approximate surface area is 320 Å². The predicted molar refractivity (Wildman–Crippen MR) is 215 cm³/mol. The number of rotatable bonds is 34. The Bertz CT molecular complexity index is 879. The second-order valence-electron chi connectivity index (χ2n) is 16.2. The summed E-state index contributed by atoms with van der Waals surface area (Å²) >= 11 is 0. The van der Waals surface area contributed by atoms with Crippen molar-refractivity contribution < 1.29 is 28.6 Å². The molecule has 0 bridgehead atoms. The first-order chi connectivity index (χ1) is 25.2. The topological polar surface area (TPSA) is 106 Å². The van der Waals surface area contributed by atoms with E-state index in [1.165, 1.54) is 135 Å². The molecular weight excluding hydrogens is 654 g/mol. The van der Waals surface area contributed by atoms with Crippen LogP contribution in [0.3, 0.4) is 0 Å². The number of carbonyl (C=O) groups excluding carboxylic acids is 3. The van der Waals surface area contributed by atoms with Gasteiger partial charge in [-0.25, -0.2) is 4.79 Å². The largest absolute Gasteiger partial charge is 0.444 e. The molecule has 52 heavy (non-hydrogen) atoms. The summed E-state index contributed by atoms with van der Waals surface area (Å²) in [6.45, 7) is 12.3. The number of likely N-dealkylation sites (tertiary alicyclic amines) is 1. The first kappa shape index (κ1) is 48.1. The summed E-state index contributed by atoms with van der Waals surface area (Å²) in [5.41, 5.74) is -0.648. The zero-order chi connectivity index (χ0) is 38.1. The van der Waals surface area contributed by atoms with Gasteiger partial charge in [-0.3, -0.25) is 9.59 Å². The van der Waals surface area contributed by atoms with Crippen LogP contribution < -0.4 is 10.6 Å².